The molecule has 1 aliphatic heterocycles. The third-order valence-corrected chi connectivity index (χ3v) is 5.12. The summed E-state index contributed by atoms with van der Waals surface area (Å²) in [4.78, 5) is 12.3. The van der Waals surface area contributed by atoms with E-state index in [-0.39, 0.29) is 12.1 Å². The van der Waals surface area contributed by atoms with Crippen molar-refractivity contribution in [3.05, 3.63) is 47.7 Å². The van der Waals surface area contributed by atoms with Crippen molar-refractivity contribution in [3.63, 3.8) is 0 Å². The largest absolute Gasteiger partial charge is 0.371 e. The summed E-state index contributed by atoms with van der Waals surface area (Å²) in [6.45, 7) is 1.15. The number of carbonyl (C=O) groups is 1. The lowest BCUT2D eigenvalue weighted by Crippen LogP contribution is -2.35. The van der Waals surface area contributed by atoms with Gasteiger partial charge in [-0.25, -0.2) is 9.48 Å². The van der Waals surface area contributed by atoms with E-state index in [4.69, 9.17) is 4.74 Å². The summed E-state index contributed by atoms with van der Waals surface area (Å²) in [5, 5.41) is 10.2. The topological polar surface area (TPSA) is 68.2 Å². The van der Waals surface area contributed by atoms with E-state index in [0.29, 0.717) is 19.2 Å². The first-order valence-electron chi connectivity index (χ1n) is 9.09. The lowest BCUT2D eigenvalue weighted by atomic mass is 9.98. The SMILES string of the molecule is O=C(NC[C@H]1OCCc2ccccc21)Nc1ccnn1C1CCCC1. The van der Waals surface area contributed by atoms with Crippen LogP contribution < -0.4 is 10.6 Å². The quantitative estimate of drug-likeness (QED) is 0.896. The van der Waals surface area contributed by atoms with Gasteiger partial charge in [-0.1, -0.05) is 37.1 Å². The number of ether oxygens (including phenoxy) is 1. The van der Waals surface area contributed by atoms with E-state index >= 15 is 0 Å². The molecule has 0 spiro atoms. The molecule has 2 aromatic rings. The van der Waals surface area contributed by atoms with Crippen molar-refractivity contribution >= 4 is 11.8 Å². The molecule has 1 aliphatic carbocycles. The normalized spacial score (nSPS) is 20.2. The van der Waals surface area contributed by atoms with Crippen molar-refractivity contribution < 1.29 is 9.53 Å². The molecule has 0 saturated heterocycles. The van der Waals surface area contributed by atoms with Crippen LogP contribution >= 0.6 is 0 Å². The third kappa shape index (κ3) is 3.54. The minimum atomic E-state index is -0.216. The van der Waals surface area contributed by atoms with Gasteiger partial charge < -0.3 is 10.1 Å². The maximum atomic E-state index is 12.3. The maximum Gasteiger partial charge on any atom is 0.320 e. The Morgan fingerprint density at radius 2 is 2.08 bits per heavy atom. The lowest BCUT2D eigenvalue weighted by Gasteiger charge is -2.26. The number of urea groups is 1. The fraction of sp³-hybridized carbons (Fsp3) is 0.474. The molecule has 1 aromatic carbocycles. The van der Waals surface area contributed by atoms with Gasteiger partial charge in [0.15, 0.2) is 0 Å². The van der Waals surface area contributed by atoms with Gasteiger partial charge in [0, 0.05) is 12.6 Å². The minimum absolute atomic E-state index is 0.0876. The zero-order valence-corrected chi connectivity index (χ0v) is 14.3. The number of nitrogens with one attached hydrogen (secondary N) is 2. The van der Waals surface area contributed by atoms with E-state index in [9.17, 15) is 4.79 Å². The number of aromatic nitrogens is 2. The molecule has 1 atom stereocenters. The van der Waals surface area contributed by atoms with E-state index in [0.717, 1.165) is 25.1 Å². The number of anilines is 1. The van der Waals surface area contributed by atoms with E-state index in [1.165, 1.54) is 24.0 Å². The van der Waals surface area contributed by atoms with Gasteiger partial charge in [-0.2, -0.15) is 5.10 Å². The number of nitrogens with zero attached hydrogens (tertiary/aromatic N) is 2. The molecular weight excluding hydrogens is 316 g/mol. The van der Waals surface area contributed by atoms with Crippen LogP contribution in [0.1, 0.15) is 49.0 Å². The van der Waals surface area contributed by atoms with Gasteiger partial charge in [-0.3, -0.25) is 5.32 Å². The van der Waals surface area contributed by atoms with Crippen molar-refractivity contribution in [2.24, 2.45) is 0 Å². The predicted molar refractivity (Wildman–Crippen MR) is 95.6 cm³/mol. The Hall–Kier alpha value is -2.34. The second-order valence-corrected chi connectivity index (χ2v) is 6.74. The van der Waals surface area contributed by atoms with Gasteiger partial charge in [-0.15, -0.1) is 0 Å². The molecule has 0 radical (unpaired) electrons. The first kappa shape index (κ1) is 16.1. The number of hydrogen-bond donors (Lipinski definition) is 2. The number of rotatable bonds is 4. The minimum Gasteiger partial charge on any atom is -0.371 e. The highest BCUT2D eigenvalue weighted by Gasteiger charge is 2.22. The highest BCUT2D eigenvalue weighted by Crippen LogP contribution is 2.31. The van der Waals surface area contributed by atoms with Crippen molar-refractivity contribution in [3.8, 4) is 0 Å². The maximum absolute atomic E-state index is 12.3. The van der Waals surface area contributed by atoms with Crippen LogP contribution in [0.4, 0.5) is 10.6 Å². The molecule has 6 heteroatoms. The highest BCUT2D eigenvalue weighted by atomic mass is 16.5. The molecule has 1 aromatic heterocycles. The first-order chi connectivity index (χ1) is 12.3. The van der Waals surface area contributed by atoms with E-state index < -0.39 is 0 Å². The van der Waals surface area contributed by atoms with Crippen LogP contribution in [0.2, 0.25) is 0 Å². The van der Waals surface area contributed by atoms with Crippen LogP contribution in [-0.4, -0.2) is 29.0 Å². The predicted octanol–water partition coefficient (Wildman–Crippen LogP) is 3.43. The number of carbonyl (C=O) groups excluding carboxylic acids is 1. The average Bonchev–Trinajstić information content (AvgIpc) is 3.31. The van der Waals surface area contributed by atoms with Gasteiger partial charge in [0.2, 0.25) is 0 Å². The fourth-order valence-corrected chi connectivity index (χ4v) is 3.84. The number of benzene rings is 1. The van der Waals surface area contributed by atoms with Gasteiger partial charge in [0.25, 0.3) is 0 Å². The molecular formula is C19H24N4O2. The standard InChI is InChI=1S/C19H24N4O2/c24-19(22-18-9-11-21-23(18)15-6-2-3-7-15)20-13-17-16-8-4-1-5-14(16)10-12-25-17/h1,4-5,8-9,11,15,17H,2-3,6-7,10,12-13H2,(H2,20,22,24)/t17-/m1/s1. The molecule has 2 aliphatic rings. The van der Waals surface area contributed by atoms with Crippen molar-refractivity contribution in [2.75, 3.05) is 18.5 Å². The highest BCUT2D eigenvalue weighted by molar-refractivity contribution is 5.88. The Morgan fingerprint density at radius 3 is 2.96 bits per heavy atom. The Kier molecular flexibility index (Phi) is 4.70. The van der Waals surface area contributed by atoms with E-state index in [1.807, 2.05) is 22.9 Å². The van der Waals surface area contributed by atoms with E-state index in [1.54, 1.807) is 6.20 Å². The van der Waals surface area contributed by atoms with Crippen LogP contribution in [0.5, 0.6) is 0 Å². The smallest absolute Gasteiger partial charge is 0.320 e. The van der Waals surface area contributed by atoms with E-state index in [2.05, 4.69) is 27.9 Å². The zero-order valence-electron chi connectivity index (χ0n) is 14.3. The van der Waals surface area contributed by atoms with Crippen LogP contribution in [0.3, 0.4) is 0 Å². The van der Waals surface area contributed by atoms with Gasteiger partial charge in [0.05, 0.1) is 18.8 Å². The second kappa shape index (κ2) is 7.27. The molecule has 2 amide bonds. The van der Waals surface area contributed by atoms with Crippen LogP contribution in [-0.2, 0) is 11.2 Å². The summed E-state index contributed by atoms with van der Waals surface area (Å²) in [6, 6.07) is 10.3. The molecule has 132 valence electrons. The number of hydrogen-bond acceptors (Lipinski definition) is 3. The zero-order chi connectivity index (χ0) is 17.1. The van der Waals surface area contributed by atoms with Crippen LogP contribution in [0.15, 0.2) is 36.5 Å². The molecule has 4 rings (SSSR count). The molecule has 25 heavy (non-hydrogen) atoms. The molecule has 0 unspecified atom stereocenters. The summed E-state index contributed by atoms with van der Waals surface area (Å²) < 4.78 is 7.78. The summed E-state index contributed by atoms with van der Waals surface area (Å²) in [5.41, 5.74) is 2.48. The molecule has 1 fully saturated rings. The van der Waals surface area contributed by atoms with Crippen molar-refractivity contribution in [2.45, 2.75) is 44.2 Å². The summed E-state index contributed by atoms with van der Waals surface area (Å²) in [5.74, 6) is 0.759. The van der Waals surface area contributed by atoms with Crippen LogP contribution in [0, 0.1) is 0 Å². The molecule has 2 heterocycles. The van der Waals surface area contributed by atoms with Gasteiger partial charge in [0.1, 0.15) is 11.9 Å². The van der Waals surface area contributed by atoms with Crippen molar-refractivity contribution in [1.82, 2.24) is 15.1 Å². The van der Waals surface area contributed by atoms with Gasteiger partial charge >= 0.3 is 6.03 Å². The summed E-state index contributed by atoms with van der Waals surface area (Å²) in [7, 11) is 0. The fourth-order valence-electron chi connectivity index (χ4n) is 3.84. The third-order valence-electron chi connectivity index (χ3n) is 5.12. The average molecular weight is 340 g/mol. The summed E-state index contributed by atoms with van der Waals surface area (Å²) in [6.07, 6.45) is 7.31. The molecule has 2 N–H and O–H groups in total. The monoisotopic (exact) mass is 340 g/mol. The van der Waals surface area contributed by atoms with Crippen LogP contribution in [0.25, 0.3) is 0 Å². The number of fused-ring (bicyclic) bond motifs is 1. The molecule has 1 saturated carbocycles. The number of amides is 2. The molecule has 6 nitrogen and oxygen atoms in total. The lowest BCUT2D eigenvalue weighted by molar-refractivity contribution is 0.0444. The summed E-state index contributed by atoms with van der Waals surface area (Å²) >= 11 is 0. The second-order valence-electron chi connectivity index (χ2n) is 6.74. The Bertz CT molecular complexity index is 737. The first-order valence-corrected chi connectivity index (χ1v) is 9.09. The Morgan fingerprint density at radius 1 is 1.24 bits per heavy atom. The Balaban J connectivity index is 1.35. The van der Waals surface area contributed by atoms with Crippen molar-refractivity contribution in [1.29, 1.82) is 0 Å². The molecule has 0 bridgehead atoms. The Labute approximate surface area is 147 Å². The van der Waals surface area contributed by atoms with Gasteiger partial charge in [-0.05, 0) is 30.4 Å².